The Bertz CT molecular complexity index is 874. The predicted molar refractivity (Wildman–Crippen MR) is 101 cm³/mol. The normalized spacial score (nSPS) is 10.5. The van der Waals surface area contributed by atoms with Crippen molar-refractivity contribution in [3.05, 3.63) is 65.2 Å². The second-order valence-corrected chi connectivity index (χ2v) is 6.44. The quantitative estimate of drug-likeness (QED) is 0.637. The van der Waals surface area contributed by atoms with E-state index in [9.17, 15) is 4.79 Å². The Balaban J connectivity index is 1.65. The zero-order valence-electron chi connectivity index (χ0n) is 14.3. The SMILES string of the molecule is CCOc1ccccc1OCc1ccc(-c2nc(CC(=O)O)cs2)cc1. The summed E-state index contributed by atoms with van der Waals surface area (Å²) in [6, 6.07) is 15.5. The molecule has 0 spiro atoms. The highest BCUT2D eigenvalue weighted by molar-refractivity contribution is 7.13. The predicted octanol–water partition coefficient (Wildman–Crippen LogP) is 4.41. The smallest absolute Gasteiger partial charge is 0.309 e. The van der Waals surface area contributed by atoms with Crippen molar-refractivity contribution in [2.45, 2.75) is 20.0 Å². The van der Waals surface area contributed by atoms with E-state index >= 15 is 0 Å². The monoisotopic (exact) mass is 369 g/mol. The van der Waals surface area contributed by atoms with E-state index in [4.69, 9.17) is 14.6 Å². The van der Waals surface area contributed by atoms with Gasteiger partial charge in [0.25, 0.3) is 0 Å². The fourth-order valence-corrected chi connectivity index (χ4v) is 3.25. The lowest BCUT2D eigenvalue weighted by atomic mass is 10.1. The van der Waals surface area contributed by atoms with Gasteiger partial charge in [0.15, 0.2) is 11.5 Å². The van der Waals surface area contributed by atoms with Gasteiger partial charge < -0.3 is 14.6 Å². The lowest BCUT2D eigenvalue weighted by Crippen LogP contribution is -2.00. The lowest BCUT2D eigenvalue weighted by Gasteiger charge is -2.11. The molecule has 0 amide bonds. The van der Waals surface area contributed by atoms with E-state index in [0.29, 0.717) is 18.9 Å². The molecule has 2 aromatic carbocycles. The molecular formula is C20H19NO4S. The number of carbonyl (C=O) groups is 1. The van der Waals surface area contributed by atoms with E-state index in [1.165, 1.54) is 11.3 Å². The minimum Gasteiger partial charge on any atom is -0.490 e. The number of ether oxygens (including phenoxy) is 2. The number of hydrogen-bond donors (Lipinski definition) is 1. The van der Waals surface area contributed by atoms with Crippen LogP contribution in [0.2, 0.25) is 0 Å². The average molecular weight is 369 g/mol. The van der Waals surface area contributed by atoms with Crippen LogP contribution in [-0.4, -0.2) is 22.7 Å². The Morgan fingerprint density at radius 2 is 1.77 bits per heavy atom. The number of aliphatic carboxylic acids is 1. The van der Waals surface area contributed by atoms with Crippen LogP contribution in [0.1, 0.15) is 18.2 Å². The average Bonchev–Trinajstić information content (AvgIpc) is 3.09. The summed E-state index contributed by atoms with van der Waals surface area (Å²) in [6.07, 6.45) is -0.0539. The first-order valence-electron chi connectivity index (χ1n) is 8.26. The molecule has 3 aromatic rings. The molecule has 0 aliphatic carbocycles. The van der Waals surface area contributed by atoms with Crippen molar-refractivity contribution in [2.75, 3.05) is 6.61 Å². The van der Waals surface area contributed by atoms with Crippen LogP contribution >= 0.6 is 11.3 Å². The highest BCUT2D eigenvalue weighted by Crippen LogP contribution is 2.28. The van der Waals surface area contributed by atoms with Crippen LogP contribution in [0.4, 0.5) is 0 Å². The van der Waals surface area contributed by atoms with Gasteiger partial charge in [-0.25, -0.2) is 4.98 Å². The van der Waals surface area contributed by atoms with Crippen molar-refractivity contribution < 1.29 is 19.4 Å². The number of benzene rings is 2. The zero-order valence-corrected chi connectivity index (χ0v) is 15.2. The first kappa shape index (κ1) is 17.9. The molecule has 0 unspecified atom stereocenters. The Labute approximate surface area is 155 Å². The molecule has 0 radical (unpaired) electrons. The molecule has 3 rings (SSSR count). The van der Waals surface area contributed by atoms with Crippen molar-refractivity contribution >= 4 is 17.3 Å². The van der Waals surface area contributed by atoms with Gasteiger partial charge in [0.2, 0.25) is 0 Å². The van der Waals surface area contributed by atoms with Gasteiger partial charge in [-0.05, 0) is 24.6 Å². The molecule has 134 valence electrons. The first-order valence-corrected chi connectivity index (χ1v) is 9.14. The highest BCUT2D eigenvalue weighted by atomic mass is 32.1. The van der Waals surface area contributed by atoms with Crippen LogP contribution in [0.3, 0.4) is 0 Å². The van der Waals surface area contributed by atoms with Gasteiger partial charge in [0, 0.05) is 10.9 Å². The third-order valence-electron chi connectivity index (χ3n) is 3.63. The van der Waals surface area contributed by atoms with Crippen molar-refractivity contribution in [2.24, 2.45) is 0 Å². The van der Waals surface area contributed by atoms with Crippen LogP contribution in [0.15, 0.2) is 53.9 Å². The van der Waals surface area contributed by atoms with Gasteiger partial charge in [-0.15, -0.1) is 11.3 Å². The number of rotatable bonds is 8. The van der Waals surface area contributed by atoms with Gasteiger partial charge in [-0.1, -0.05) is 36.4 Å². The number of thiazole rings is 1. The maximum absolute atomic E-state index is 10.8. The summed E-state index contributed by atoms with van der Waals surface area (Å²) in [5.41, 5.74) is 2.57. The molecule has 0 aliphatic heterocycles. The molecule has 1 aromatic heterocycles. The molecule has 0 bridgehead atoms. The largest absolute Gasteiger partial charge is 0.490 e. The van der Waals surface area contributed by atoms with Crippen LogP contribution in [0.25, 0.3) is 10.6 Å². The fraction of sp³-hybridized carbons (Fsp3) is 0.200. The van der Waals surface area contributed by atoms with Crippen molar-refractivity contribution in [3.8, 4) is 22.1 Å². The maximum Gasteiger partial charge on any atom is 0.309 e. The van der Waals surface area contributed by atoms with Crippen molar-refractivity contribution in [1.82, 2.24) is 4.98 Å². The minimum absolute atomic E-state index is 0.0539. The molecule has 5 nitrogen and oxygen atoms in total. The number of hydrogen-bond acceptors (Lipinski definition) is 5. The molecule has 0 saturated carbocycles. The topological polar surface area (TPSA) is 68.7 Å². The molecule has 1 heterocycles. The summed E-state index contributed by atoms with van der Waals surface area (Å²) < 4.78 is 11.4. The summed E-state index contributed by atoms with van der Waals surface area (Å²) in [6.45, 7) is 2.97. The van der Waals surface area contributed by atoms with E-state index in [2.05, 4.69) is 4.98 Å². The van der Waals surface area contributed by atoms with Gasteiger partial charge in [0.1, 0.15) is 11.6 Å². The molecule has 1 N–H and O–H groups in total. The number of carboxylic acid groups (broad SMARTS) is 1. The molecule has 0 aliphatic rings. The number of nitrogens with zero attached hydrogens (tertiary/aromatic N) is 1. The first-order chi connectivity index (χ1) is 12.7. The summed E-state index contributed by atoms with van der Waals surface area (Å²) in [5.74, 6) is 0.582. The van der Waals surface area contributed by atoms with Gasteiger partial charge in [0.05, 0.1) is 18.7 Å². The molecular weight excluding hydrogens is 350 g/mol. The lowest BCUT2D eigenvalue weighted by molar-refractivity contribution is -0.136. The second kappa shape index (κ2) is 8.49. The summed E-state index contributed by atoms with van der Waals surface area (Å²) in [4.78, 5) is 15.1. The van der Waals surface area contributed by atoms with Gasteiger partial charge in [-0.2, -0.15) is 0 Å². The van der Waals surface area contributed by atoms with E-state index < -0.39 is 5.97 Å². The van der Waals surface area contributed by atoms with Crippen LogP contribution in [0.5, 0.6) is 11.5 Å². The molecule has 0 atom stereocenters. The standard InChI is InChI=1S/C20H19NO4S/c1-2-24-17-5-3-4-6-18(17)25-12-14-7-9-15(10-8-14)20-21-16(13-26-20)11-19(22)23/h3-10,13H,2,11-12H2,1H3,(H,22,23). The maximum atomic E-state index is 10.8. The molecule has 6 heteroatoms. The number of carboxylic acids is 1. The Morgan fingerprint density at radius 1 is 1.08 bits per heavy atom. The highest BCUT2D eigenvalue weighted by Gasteiger charge is 2.08. The number of aromatic nitrogens is 1. The minimum atomic E-state index is -0.873. The van der Waals surface area contributed by atoms with E-state index in [1.54, 1.807) is 5.38 Å². The molecule has 0 fully saturated rings. The molecule has 0 saturated heterocycles. The number of para-hydroxylation sites is 2. The summed E-state index contributed by atoms with van der Waals surface area (Å²) >= 11 is 1.45. The van der Waals surface area contributed by atoms with Crippen LogP contribution in [-0.2, 0) is 17.8 Å². The van der Waals surface area contributed by atoms with E-state index in [1.807, 2.05) is 55.5 Å². The zero-order chi connectivity index (χ0) is 18.4. The Kier molecular flexibility index (Phi) is 5.86. The molecule has 26 heavy (non-hydrogen) atoms. The van der Waals surface area contributed by atoms with Crippen LogP contribution < -0.4 is 9.47 Å². The third kappa shape index (κ3) is 4.61. The Morgan fingerprint density at radius 3 is 2.42 bits per heavy atom. The summed E-state index contributed by atoms with van der Waals surface area (Å²) in [5, 5.41) is 11.4. The van der Waals surface area contributed by atoms with Crippen molar-refractivity contribution in [3.63, 3.8) is 0 Å². The summed E-state index contributed by atoms with van der Waals surface area (Å²) in [7, 11) is 0. The second-order valence-electron chi connectivity index (χ2n) is 5.58. The van der Waals surface area contributed by atoms with E-state index in [-0.39, 0.29) is 6.42 Å². The third-order valence-corrected chi connectivity index (χ3v) is 4.57. The van der Waals surface area contributed by atoms with Gasteiger partial charge >= 0.3 is 5.97 Å². The Hall–Kier alpha value is -2.86. The van der Waals surface area contributed by atoms with E-state index in [0.717, 1.165) is 27.6 Å². The van der Waals surface area contributed by atoms with Crippen LogP contribution in [0, 0.1) is 0 Å². The van der Waals surface area contributed by atoms with Gasteiger partial charge in [-0.3, -0.25) is 4.79 Å². The fourth-order valence-electron chi connectivity index (χ4n) is 2.42. The van der Waals surface area contributed by atoms with Crippen molar-refractivity contribution in [1.29, 1.82) is 0 Å².